The van der Waals surface area contributed by atoms with E-state index in [4.69, 9.17) is 9.68 Å². The Bertz CT molecular complexity index is 254. The number of hydrogen-bond donors (Lipinski definition) is 0. The van der Waals surface area contributed by atoms with Crippen LogP contribution in [0.25, 0.3) is 0 Å². The third-order valence-corrected chi connectivity index (χ3v) is 2.66. The maximum Gasteiger partial charge on any atom is 0.183 e. The Balaban J connectivity index is 2.90. The summed E-state index contributed by atoms with van der Waals surface area (Å²) in [4.78, 5) is 0. The summed E-state index contributed by atoms with van der Waals surface area (Å²) in [6, 6.07) is 3.76. The molecule has 0 saturated carbocycles. The van der Waals surface area contributed by atoms with Gasteiger partial charge >= 0.3 is 0 Å². The fraction of sp³-hybridized carbons (Fsp3) is 0.167. The first-order valence-corrected chi connectivity index (χ1v) is 4.13. The van der Waals surface area contributed by atoms with Crippen LogP contribution in [0.4, 0.5) is 0 Å². The highest BCUT2D eigenvalue weighted by molar-refractivity contribution is 9.13. The van der Waals surface area contributed by atoms with Crippen LogP contribution in [0.5, 0.6) is 0 Å². The number of furan rings is 1. The quantitative estimate of drug-likeness (QED) is 0.782. The minimum atomic E-state index is 0.310. The van der Waals surface area contributed by atoms with Gasteiger partial charge in [-0.05, 0) is 37.9 Å². The zero-order valence-electron chi connectivity index (χ0n) is 4.90. The molecule has 0 spiro atoms. The topological polar surface area (TPSA) is 36.9 Å². The van der Waals surface area contributed by atoms with Gasteiger partial charge in [0.1, 0.15) is 5.76 Å². The third-order valence-electron chi connectivity index (χ3n) is 0.949. The second kappa shape index (κ2) is 3.22. The fourth-order valence-corrected chi connectivity index (χ4v) is 1.22. The Kier molecular flexibility index (Phi) is 2.52. The normalized spacial score (nSPS) is 9.30. The van der Waals surface area contributed by atoms with Crippen LogP contribution in [-0.4, -0.2) is 0 Å². The molecule has 0 bridgehead atoms. The van der Waals surface area contributed by atoms with Crippen LogP contribution < -0.4 is 0 Å². The van der Waals surface area contributed by atoms with Crippen LogP contribution in [-0.2, 0) is 6.42 Å². The highest BCUT2D eigenvalue weighted by Crippen LogP contribution is 2.26. The molecule has 0 unspecified atom stereocenters. The van der Waals surface area contributed by atoms with E-state index in [1.165, 1.54) is 0 Å². The highest BCUT2D eigenvalue weighted by atomic mass is 79.9. The molecule has 0 saturated heterocycles. The SMILES string of the molecule is N#CCc1cc(Br)c(Br)o1. The number of hydrogen-bond acceptors (Lipinski definition) is 2. The van der Waals surface area contributed by atoms with Crippen LogP contribution in [0.3, 0.4) is 0 Å². The Morgan fingerprint density at radius 1 is 1.60 bits per heavy atom. The van der Waals surface area contributed by atoms with Crippen molar-refractivity contribution in [2.45, 2.75) is 6.42 Å². The maximum absolute atomic E-state index is 8.28. The van der Waals surface area contributed by atoms with Gasteiger partial charge in [-0.1, -0.05) is 0 Å². The summed E-state index contributed by atoms with van der Waals surface area (Å²) in [5.41, 5.74) is 0. The summed E-state index contributed by atoms with van der Waals surface area (Å²) in [6.45, 7) is 0. The monoisotopic (exact) mass is 263 g/mol. The molecule has 0 fully saturated rings. The molecule has 4 heteroatoms. The number of nitriles is 1. The van der Waals surface area contributed by atoms with Gasteiger partial charge in [0.05, 0.1) is 17.0 Å². The molecular weight excluding hydrogens is 262 g/mol. The van der Waals surface area contributed by atoms with Gasteiger partial charge in [-0.15, -0.1) is 0 Å². The zero-order valence-corrected chi connectivity index (χ0v) is 8.07. The zero-order chi connectivity index (χ0) is 7.56. The van der Waals surface area contributed by atoms with Gasteiger partial charge in [0.2, 0.25) is 0 Å². The number of nitrogens with zero attached hydrogens (tertiary/aromatic N) is 1. The maximum atomic E-state index is 8.28. The standard InChI is InChI=1S/C6H3Br2NO/c7-5-3-4(1-2-9)10-6(5)8/h3H,1H2. The lowest BCUT2D eigenvalue weighted by Gasteiger charge is -1.80. The highest BCUT2D eigenvalue weighted by Gasteiger charge is 2.03. The summed E-state index contributed by atoms with van der Waals surface area (Å²) in [7, 11) is 0. The van der Waals surface area contributed by atoms with E-state index in [-0.39, 0.29) is 0 Å². The molecule has 0 radical (unpaired) electrons. The van der Waals surface area contributed by atoms with Crippen LogP contribution >= 0.6 is 31.9 Å². The minimum absolute atomic E-state index is 0.310. The smallest absolute Gasteiger partial charge is 0.183 e. The molecule has 1 aromatic rings. The van der Waals surface area contributed by atoms with E-state index in [1.807, 2.05) is 6.07 Å². The Morgan fingerprint density at radius 2 is 2.30 bits per heavy atom. The lowest BCUT2D eigenvalue weighted by atomic mass is 10.4. The molecule has 52 valence electrons. The van der Waals surface area contributed by atoms with E-state index in [0.29, 0.717) is 16.9 Å². The van der Waals surface area contributed by atoms with Crippen LogP contribution in [0.2, 0.25) is 0 Å². The van der Waals surface area contributed by atoms with Crippen LogP contribution in [0.1, 0.15) is 5.76 Å². The van der Waals surface area contributed by atoms with E-state index in [9.17, 15) is 0 Å². The Hall–Kier alpha value is -0.270. The Morgan fingerprint density at radius 3 is 2.70 bits per heavy atom. The van der Waals surface area contributed by atoms with Crippen molar-refractivity contribution in [3.8, 4) is 6.07 Å². The molecule has 1 rings (SSSR count). The molecule has 10 heavy (non-hydrogen) atoms. The predicted octanol–water partition coefficient (Wildman–Crippen LogP) is 2.87. The van der Waals surface area contributed by atoms with Crippen LogP contribution in [0.15, 0.2) is 19.6 Å². The number of rotatable bonds is 1. The van der Waals surface area contributed by atoms with Gasteiger partial charge < -0.3 is 4.42 Å². The van der Waals surface area contributed by atoms with Crippen molar-refractivity contribution < 1.29 is 4.42 Å². The van der Waals surface area contributed by atoms with Crippen molar-refractivity contribution in [3.63, 3.8) is 0 Å². The average Bonchev–Trinajstić information content (AvgIpc) is 2.14. The first kappa shape index (κ1) is 7.83. The van der Waals surface area contributed by atoms with Gasteiger partial charge in [-0.2, -0.15) is 5.26 Å². The van der Waals surface area contributed by atoms with Gasteiger partial charge in [-0.3, -0.25) is 0 Å². The van der Waals surface area contributed by atoms with E-state index >= 15 is 0 Å². The number of halogens is 2. The van der Waals surface area contributed by atoms with Crippen molar-refractivity contribution in [3.05, 3.63) is 21.0 Å². The molecule has 0 amide bonds. The van der Waals surface area contributed by atoms with Gasteiger partial charge in [0.25, 0.3) is 0 Å². The molecule has 0 aliphatic carbocycles. The molecular formula is C6H3Br2NO. The van der Waals surface area contributed by atoms with Crippen molar-refractivity contribution in [2.75, 3.05) is 0 Å². The lowest BCUT2D eigenvalue weighted by Crippen LogP contribution is -1.71. The predicted molar refractivity (Wildman–Crippen MR) is 43.4 cm³/mol. The lowest BCUT2D eigenvalue weighted by molar-refractivity contribution is 0.500. The molecule has 0 N–H and O–H groups in total. The van der Waals surface area contributed by atoms with Gasteiger partial charge in [0, 0.05) is 0 Å². The van der Waals surface area contributed by atoms with E-state index in [0.717, 1.165) is 4.47 Å². The summed E-state index contributed by atoms with van der Waals surface area (Å²) in [6.07, 6.45) is 0.310. The summed E-state index contributed by atoms with van der Waals surface area (Å²) < 4.78 is 6.58. The fourth-order valence-electron chi connectivity index (χ4n) is 0.556. The molecule has 1 heterocycles. The van der Waals surface area contributed by atoms with E-state index < -0.39 is 0 Å². The van der Waals surface area contributed by atoms with Crippen molar-refractivity contribution >= 4 is 31.9 Å². The first-order chi connectivity index (χ1) is 4.74. The third kappa shape index (κ3) is 1.61. The van der Waals surface area contributed by atoms with Gasteiger partial charge in [-0.25, -0.2) is 0 Å². The van der Waals surface area contributed by atoms with Crippen molar-refractivity contribution in [1.29, 1.82) is 5.26 Å². The summed E-state index contributed by atoms with van der Waals surface area (Å²) >= 11 is 6.40. The van der Waals surface area contributed by atoms with E-state index in [1.54, 1.807) is 6.07 Å². The molecule has 2 nitrogen and oxygen atoms in total. The van der Waals surface area contributed by atoms with Crippen LogP contribution in [0, 0.1) is 11.3 Å². The van der Waals surface area contributed by atoms with E-state index in [2.05, 4.69) is 31.9 Å². The summed E-state index contributed by atoms with van der Waals surface area (Å²) in [5, 5.41) is 8.28. The molecule has 0 aliphatic rings. The second-order valence-corrected chi connectivity index (χ2v) is 3.24. The Labute approximate surface area is 75.1 Å². The molecule has 1 aromatic heterocycles. The van der Waals surface area contributed by atoms with Crippen molar-refractivity contribution in [2.24, 2.45) is 0 Å². The summed E-state index contributed by atoms with van der Waals surface area (Å²) in [5.74, 6) is 0.668. The average molecular weight is 265 g/mol. The first-order valence-electron chi connectivity index (χ1n) is 2.54. The molecule has 0 atom stereocenters. The van der Waals surface area contributed by atoms with Crippen molar-refractivity contribution in [1.82, 2.24) is 0 Å². The minimum Gasteiger partial charge on any atom is -0.452 e. The second-order valence-electron chi connectivity index (χ2n) is 1.67. The largest absolute Gasteiger partial charge is 0.452 e. The molecule has 0 aromatic carbocycles. The van der Waals surface area contributed by atoms with Gasteiger partial charge in [0.15, 0.2) is 4.67 Å². The molecule has 0 aliphatic heterocycles.